The summed E-state index contributed by atoms with van der Waals surface area (Å²) in [5.74, 6) is 0.767. The highest BCUT2D eigenvalue weighted by Gasteiger charge is 2.16. The molecule has 7 heteroatoms. The van der Waals surface area contributed by atoms with Crippen LogP contribution in [0.15, 0.2) is 65.9 Å². The summed E-state index contributed by atoms with van der Waals surface area (Å²) in [5.41, 5.74) is 3.24. The number of nitrogens with zero attached hydrogens (tertiary/aromatic N) is 3. The van der Waals surface area contributed by atoms with Crippen LogP contribution in [-0.2, 0) is 0 Å². The van der Waals surface area contributed by atoms with Crippen LogP contribution < -0.4 is 10.6 Å². The molecular weight excluding hydrogens is 477 g/mol. The summed E-state index contributed by atoms with van der Waals surface area (Å²) in [5, 5.41) is 6.23. The molecule has 1 aliphatic heterocycles. The third-order valence-corrected chi connectivity index (χ3v) is 4.57. The van der Waals surface area contributed by atoms with Crippen LogP contribution in [0.2, 0.25) is 0 Å². The molecule has 2 N–H and O–H groups in total. The Kier molecular flexibility index (Phi) is 9.63. The van der Waals surface area contributed by atoms with Crippen molar-refractivity contribution >= 4 is 41.4 Å². The maximum atomic E-state index is 12.1. The first kappa shape index (κ1) is 22.9. The van der Waals surface area contributed by atoms with Crippen LogP contribution in [0.1, 0.15) is 29.3 Å². The van der Waals surface area contributed by atoms with Crippen molar-refractivity contribution in [1.29, 1.82) is 0 Å². The van der Waals surface area contributed by atoms with Gasteiger partial charge in [0.05, 0.1) is 12.1 Å². The van der Waals surface area contributed by atoms with Crippen LogP contribution >= 0.6 is 24.0 Å². The van der Waals surface area contributed by atoms with E-state index < -0.39 is 0 Å². The third-order valence-electron chi connectivity index (χ3n) is 4.57. The second-order valence-electron chi connectivity index (χ2n) is 6.52. The van der Waals surface area contributed by atoms with Gasteiger partial charge in [0.25, 0.3) is 5.91 Å². The van der Waals surface area contributed by atoms with E-state index in [-0.39, 0.29) is 29.9 Å². The molecule has 0 radical (unpaired) electrons. The summed E-state index contributed by atoms with van der Waals surface area (Å²) >= 11 is 0. The number of nitrogens with one attached hydrogen (secondary N) is 2. The average Bonchev–Trinajstić information content (AvgIpc) is 2.77. The molecule has 2 heterocycles. The van der Waals surface area contributed by atoms with Crippen LogP contribution in [0.5, 0.6) is 0 Å². The monoisotopic (exact) mass is 505 g/mol. The topological polar surface area (TPSA) is 69.6 Å². The smallest absolute Gasteiger partial charge is 0.252 e. The van der Waals surface area contributed by atoms with Crippen LogP contribution in [0.4, 0.5) is 0 Å². The van der Waals surface area contributed by atoms with Gasteiger partial charge in [0, 0.05) is 38.6 Å². The lowest BCUT2D eigenvalue weighted by atomic mass is 10.00. The second-order valence-corrected chi connectivity index (χ2v) is 6.52. The summed E-state index contributed by atoms with van der Waals surface area (Å²) in [7, 11) is 0. The average molecular weight is 505 g/mol. The number of pyridine rings is 1. The Labute approximate surface area is 189 Å². The Bertz CT molecular complexity index is 824. The molecule has 154 valence electrons. The van der Waals surface area contributed by atoms with E-state index in [9.17, 15) is 4.79 Å². The lowest BCUT2D eigenvalue weighted by molar-refractivity contribution is 0.0954. The number of aromatic nitrogens is 1. The van der Waals surface area contributed by atoms with Gasteiger partial charge in [-0.15, -0.1) is 24.0 Å². The van der Waals surface area contributed by atoms with Gasteiger partial charge in [0.15, 0.2) is 5.96 Å². The molecule has 1 aromatic heterocycles. The number of hydrogen-bond acceptors (Lipinski definition) is 3. The van der Waals surface area contributed by atoms with Crippen molar-refractivity contribution < 1.29 is 4.79 Å². The molecule has 0 unspecified atom stereocenters. The van der Waals surface area contributed by atoms with Gasteiger partial charge in [0.1, 0.15) is 0 Å². The number of aliphatic imine (C=N–C) groups is 1. The van der Waals surface area contributed by atoms with Crippen molar-refractivity contribution in [2.75, 3.05) is 32.7 Å². The molecule has 0 fully saturated rings. The number of carbonyl (C=O) groups excluding carboxylic acids is 1. The number of guanidine groups is 1. The van der Waals surface area contributed by atoms with Gasteiger partial charge < -0.3 is 15.5 Å². The Hall–Kier alpha value is -2.42. The first-order chi connectivity index (χ1) is 13.8. The molecule has 0 aliphatic carbocycles. The Morgan fingerprint density at radius 1 is 1.17 bits per heavy atom. The molecule has 0 bridgehead atoms. The third kappa shape index (κ3) is 6.85. The number of carbonyl (C=O) groups is 1. The summed E-state index contributed by atoms with van der Waals surface area (Å²) in [6.45, 7) is 5.65. The van der Waals surface area contributed by atoms with Gasteiger partial charge in [-0.25, -0.2) is 0 Å². The van der Waals surface area contributed by atoms with E-state index in [1.54, 1.807) is 24.5 Å². The number of benzene rings is 1. The number of hydrogen-bond donors (Lipinski definition) is 2. The fourth-order valence-electron chi connectivity index (χ4n) is 3.13. The summed E-state index contributed by atoms with van der Waals surface area (Å²) in [6, 6.07) is 14.0. The van der Waals surface area contributed by atoms with E-state index in [2.05, 4.69) is 62.8 Å². The molecule has 3 rings (SSSR count). The highest BCUT2D eigenvalue weighted by molar-refractivity contribution is 14.0. The molecule has 0 spiro atoms. The van der Waals surface area contributed by atoms with E-state index in [4.69, 9.17) is 0 Å². The van der Waals surface area contributed by atoms with Gasteiger partial charge in [-0.3, -0.25) is 14.8 Å². The van der Waals surface area contributed by atoms with E-state index in [0.29, 0.717) is 18.7 Å². The lowest BCUT2D eigenvalue weighted by Gasteiger charge is -2.30. The highest BCUT2D eigenvalue weighted by Crippen LogP contribution is 2.21. The molecule has 1 amide bonds. The number of amides is 1. The fourth-order valence-corrected chi connectivity index (χ4v) is 3.13. The zero-order valence-electron chi connectivity index (χ0n) is 16.7. The summed E-state index contributed by atoms with van der Waals surface area (Å²) in [6.07, 6.45) is 6.48. The van der Waals surface area contributed by atoms with Crippen LogP contribution in [-0.4, -0.2) is 54.5 Å². The summed E-state index contributed by atoms with van der Waals surface area (Å²) in [4.78, 5) is 22.9. The van der Waals surface area contributed by atoms with Gasteiger partial charge in [-0.2, -0.15) is 0 Å². The van der Waals surface area contributed by atoms with E-state index in [0.717, 1.165) is 32.0 Å². The van der Waals surface area contributed by atoms with E-state index in [1.165, 1.54) is 11.1 Å². The molecule has 0 saturated carbocycles. The highest BCUT2D eigenvalue weighted by atomic mass is 127. The van der Waals surface area contributed by atoms with E-state index in [1.807, 2.05) is 6.07 Å². The normalized spacial score (nSPS) is 13.9. The molecular formula is C22H28IN5O. The largest absolute Gasteiger partial charge is 0.357 e. The Morgan fingerprint density at radius 3 is 2.66 bits per heavy atom. The van der Waals surface area contributed by atoms with Gasteiger partial charge in [0.2, 0.25) is 0 Å². The maximum Gasteiger partial charge on any atom is 0.252 e. The Morgan fingerprint density at radius 2 is 2.00 bits per heavy atom. The molecule has 2 aromatic rings. The minimum Gasteiger partial charge on any atom is -0.357 e. The molecule has 1 aliphatic rings. The fraction of sp³-hybridized carbons (Fsp3) is 0.318. The molecule has 29 heavy (non-hydrogen) atoms. The molecule has 0 saturated heterocycles. The van der Waals surface area contributed by atoms with Crippen molar-refractivity contribution in [1.82, 2.24) is 20.5 Å². The number of halogens is 1. The zero-order valence-corrected chi connectivity index (χ0v) is 19.0. The predicted molar refractivity (Wildman–Crippen MR) is 129 cm³/mol. The number of rotatable bonds is 6. The minimum atomic E-state index is -0.123. The quantitative estimate of drug-likeness (QED) is 0.274. The second kappa shape index (κ2) is 12.2. The van der Waals surface area contributed by atoms with Gasteiger partial charge in [-0.05, 0) is 36.6 Å². The predicted octanol–water partition coefficient (Wildman–Crippen LogP) is 3.18. The molecule has 1 aromatic carbocycles. The maximum absolute atomic E-state index is 12.1. The van der Waals surface area contributed by atoms with Crippen molar-refractivity contribution in [3.63, 3.8) is 0 Å². The SMILES string of the molecule is CCNC(=NCCNC(=O)c1cccnc1)N1CC=C(c2ccccc2)CC1.I. The first-order valence-corrected chi connectivity index (χ1v) is 9.74. The first-order valence-electron chi connectivity index (χ1n) is 9.74. The molecule has 6 nitrogen and oxygen atoms in total. The van der Waals surface area contributed by atoms with Crippen LogP contribution in [0, 0.1) is 0 Å². The van der Waals surface area contributed by atoms with Crippen LogP contribution in [0.25, 0.3) is 5.57 Å². The van der Waals surface area contributed by atoms with Crippen molar-refractivity contribution in [2.24, 2.45) is 4.99 Å². The van der Waals surface area contributed by atoms with Crippen LogP contribution in [0.3, 0.4) is 0 Å². The Balaban J connectivity index is 0.00000300. The van der Waals surface area contributed by atoms with Crippen molar-refractivity contribution in [3.05, 3.63) is 72.1 Å². The van der Waals surface area contributed by atoms with E-state index >= 15 is 0 Å². The standard InChI is InChI=1S/C22H27N5O.HI/c1-2-24-22(26-14-13-25-21(28)20-9-6-12-23-17-20)27-15-10-19(11-16-27)18-7-4-3-5-8-18;/h3-10,12,17H,2,11,13-16H2,1H3,(H,24,26)(H,25,28);1H. The summed E-state index contributed by atoms with van der Waals surface area (Å²) < 4.78 is 0. The molecule has 0 atom stereocenters. The van der Waals surface area contributed by atoms with Gasteiger partial charge >= 0.3 is 0 Å². The van der Waals surface area contributed by atoms with Crippen molar-refractivity contribution in [2.45, 2.75) is 13.3 Å². The van der Waals surface area contributed by atoms with Crippen molar-refractivity contribution in [3.8, 4) is 0 Å². The van der Waals surface area contributed by atoms with Gasteiger partial charge in [-0.1, -0.05) is 36.4 Å². The lowest BCUT2D eigenvalue weighted by Crippen LogP contribution is -2.43. The minimum absolute atomic E-state index is 0. The zero-order chi connectivity index (χ0) is 19.6.